The molecule has 0 aromatic heterocycles. The van der Waals surface area contributed by atoms with Crippen molar-refractivity contribution in [3.8, 4) is 0 Å². The van der Waals surface area contributed by atoms with E-state index in [1.54, 1.807) is 13.0 Å². The summed E-state index contributed by atoms with van der Waals surface area (Å²) in [5.74, 6) is -1.00. The van der Waals surface area contributed by atoms with Crippen LogP contribution in [0.25, 0.3) is 0 Å². The first-order valence-electron chi connectivity index (χ1n) is 7.95. The van der Waals surface area contributed by atoms with Crippen LogP contribution in [0.1, 0.15) is 30.1 Å². The van der Waals surface area contributed by atoms with Crippen molar-refractivity contribution in [3.63, 3.8) is 0 Å². The second-order valence-corrected chi connectivity index (χ2v) is 8.41. The van der Waals surface area contributed by atoms with Gasteiger partial charge < -0.3 is 10.1 Å². The molecule has 138 valence electrons. The van der Waals surface area contributed by atoms with Crippen LogP contribution < -0.4 is 5.32 Å². The molecule has 1 heterocycles. The molecule has 1 fully saturated rings. The van der Waals surface area contributed by atoms with E-state index >= 15 is 0 Å². The third kappa shape index (κ3) is 4.71. The lowest BCUT2D eigenvalue weighted by Gasteiger charge is -2.30. The van der Waals surface area contributed by atoms with Gasteiger partial charge in [0.05, 0.1) is 23.4 Å². The molecule has 2 rings (SSSR count). The zero-order chi connectivity index (χ0) is 18.6. The Kier molecular flexibility index (Phi) is 6.42. The summed E-state index contributed by atoms with van der Waals surface area (Å²) < 4.78 is 29.8. The van der Waals surface area contributed by atoms with E-state index in [0.29, 0.717) is 31.6 Å². The number of ether oxygens (including phenoxy) is 1. The van der Waals surface area contributed by atoms with Crippen LogP contribution >= 0.6 is 11.6 Å². The molecule has 1 aromatic rings. The molecule has 25 heavy (non-hydrogen) atoms. The molecule has 0 aliphatic carbocycles. The van der Waals surface area contributed by atoms with Gasteiger partial charge in [-0.05, 0) is 38.0 Å². The lowest BCUT2D eigenvalue weighted by Crippen LogP contribution is -2.42. The summed E-state index contributed by atoms with van der Waals surface area (Å²) in [5, 5.41) is 2.99. The highest BCUT2D eigenvalue weighted by atomic mass is 35.5. The molecule has 0 saturated carbocycles. The molecular weight excluding hydrogens is 368 g/mol. The fourth-order valence-corrected chi connectivity index (χ4v) is 4.02. The van der Waals surface area contributed by atoms with E-state index in [2.05, 4.69) is 10.1 Å². The van der Waals surface area contributed by atoms with Gasteiger partial charge in [0, 0.05) is 24.7 Å². The molecule has 1 saturated heterocycles. The number of amides is 1. The molecule has 0 unspecified atom stereocenters. The van der Waals surface area contributed by atoms with Crippen LogP contribution in [0.3, 0.4) is 0 Å². The average Bonchev–Trinajstić information content (AvgIpc) is 2.62. The molecule has 1 N–H and O–H groups in total. The van der Waals surface area contributed by atoms with Crippen LogP contribution in [0.2, 0.25) is 5.02 Å². The zero-order valence-electron chi connectivity index (χ0n) is 14.1. The number of carbonyl (C=O) groups is 2. The molecule has 7 nitrogen and oxygen atoms in total. The molecule has 0 atom stereocenters. The molecular formula is C16H21ClN2O5S. The number of anilines is 1. The van der Waals surface area contributed by atoms with Gasteiger partial charge in [0.25, 0.3) is 0 Å². The number of hydrogen-bond donors (Lipinski definition) is 1. The highest BCUT2D eigenvalue weighted by Gasteiger charge is 2.30. The number of halogens is 1. The Morgan fingerprint density at radius 2 is 1.96 bits per heavy atom. The first-order valence-corrected chi connectivity index (χ1v) is 9.93. The SMILES string of the molecule is CCS(=O)(=O)N1CCC(C(=O)Nc2ccc(Cl)c(C(=O)OC)c2)CC1. The molecule has 0 spiro atoms. The first-order chi connectivity index (χ1) is 11.8. The quantitative estimate of drug-likeness (QED) is 0.780. The summed E-state index contributed by atoms with van der Waals surface area (Å²) in [4.78, 5) is 24.1. The summed E-state index contributed by atoms with van der Waals surface area (Å²) in [7, 11) is -1.96. The van der Waals surface area contributed by atoms with E-state index in [9.17, 15) is 18.0 Å². The van der Waals surface area contributed by atoms with E-state index in [1.165, 1.54) is 23.5 Å². The Bertz CT molecular complexity index is 758. The van der Waals surface area contributed by atoms with Crippen LogP contribution in [-0.4, -0.2) is 50.6 Å². The Hall–Kier alpha value is -1.64. The number of hydrogen-bond acceptors (Lipinski definition) is 5. The van der Waals surface area contributed by atoms with Crippen molar-refractivity contribution in [1.82, 2.24) is 4.31 Å². The minimum atomic E-state index is -3.22. The number of esters is 1. The Morgan fingerprint density at radius 1 is 1.32 bits per heavy atom. The van der Waals surface area contributed by atoms with Gasteiger partial charge in [0.15, 0.2) is 0 Å². The minimum absolute atomic E-state index is 0.0605. The second kappa shape index (κ2) is 8.16. The topological polar surface area (TPSA) is 92.8 Å². The van der Waals surface area contributed by atoms with Crippen molar-refractivity contribution in [1.29, 1.82) is 0 Å². The predicted molar refractivity (Wildman–Crippen MR) is 95.2 cm³/mol. The van der Waals surface area contributed by atoms with E-state index in [1.807, 2.05) is 0 Å². The summed E-state index contributed by atoms with van der Waals surface area (Å²) in [5.41, 5.74) is 0.615. The van der Waals surface area contributed by atoms with Crippen molar-refractivity contribution < 1.29 is 22.7 Å². The average molecular weight is 389 g/mol. The minimum Gasteiger partial charge on any atom is -0.465 e. The van der Waals surface area contributed by atoms with E-state index < -0.39 is 16.0 Å². The first kappa shape index (κ1) is 19.7. The molecule has 0 radical (unpaired) electrons. The number of piperidine rings is 1. The predicted octanol–water partition coefficient (Wildman–Crippen LogP) is 2.13. The number of carbonyl (C=O) groups excluding carboxylic acids is 2. The highest BCUT2D eigenvalue weighted by Crippen LogP contribution is 2.24. The number of nitrogens with zero attached hydrogens (tertiary/aromatic N) is 1. The van der Waals surface area contributed by atoms with Gasteiger partial charge in [-0.25, -0.2) is 17.5 Å². The van der Waals surface area contributed by atoms with Gasteiger partial charge >= 0.3 is 5.97 Å². The van der Waals surface area contributed by atoms with Crippen molar-refractivity contribution in [3.05, 3.63) is 28.8 Å². The van der Waals surface area contributed by atoms with Crippen molar-refractivity contribution in [2.45, 2.75) is 19.8 Å². The van der Waals surface area contributed by atoms with Crippen molar-refractivity contribution >= 4 is 39.2 Å². The lowest BCUT2D eigenvalue weighted by molar-refractivity contribution is -0.120. The number of nitrogens with one attached hydrogen (secondary N) is 1. The van der Waals surface area contributed by atoms with Crippen LogP contribution in [0.15, 0.2) is 18.2 Å². The van der Waals surface area contributed by atoms with Crippen LogP contribution in [0, 0.1) is 5.92 Å². The summed E-state index contributed by atoms with van der Waals surface area (Å²) in [6.45, 7) is 2.28. The summed E-state index contributed by atoms with van der Waals surface area (Å²) >= 11 is 5.95. The molecule has 1 aromatic carbocycles. The standard InChI is InChI=1S/C16H21ClN2O5S/c1-3-25(22,23)19-8-6-11(7-9-19)15(20)18-12-4-5-14(17)13(10-12)16(21)24-2/h4-5,10-11H,3,6-9H2,1-2H3,(H,18,20). The number of methoxy groups -OCH3 is 1. The maximum Gasteiger partial charge on any atom is 0.339 e. The third-order valence-corrected chi connectivity index (χ3v) is 6.43. The largest absolute Gasteiger partial charge is 0.465 e. The van der Waals surface area contributed by atoms with Crippen LogP contribution in [0.4, 0.5) is 5.69 Å². The maximum atomic E-state index is 12.4. The van der Waals surface area contributed by atoms with Gasteiger partial charge in [-0.15, -0.1) is 0 Å². The van der Waals surface area contributed by atoms with Gasteiger partial charge in [0.1, 0.15) is 0 Å². The van der Waals surface area contributed by atoms with E-state index in [-0.39, 0.29) is 28.2 Å². The Morgan fingerprint density at radius 3 is 2.52 bits per heavy atom. The smallest absolute Gasteiger partial charge is 0.339 e. The molecule has 1 amide bonds. The molecule has 0 bridgehead atoms. The maximum absolute atomic E-state index is 12.4. The van der Waals surface area contributed by atoms with Gasteiger partial charge in [-0.3, -0.25) is 4.79 Å². The van der Waals surface area contributed by atoms with E-state index in [0.717, 1.165) is 0 Å². The Balaban J connectivity index is 2.01. The third-order valence-electron chi connectivity index (χ3n) is 4.22. The Labute approximate surface area is 152 Å². The van der Waals surface area contributed by atoms with E-state index in [4.69, 9.17) is 11.6 Å². The highest BCUT2D eigenvalue weighted by molar-refractivity contribution is 7.89. The number of sulfonamides is 1. The molecule has 9 heteroatoms. The van der Waals surface area contributed by atoms with Gasteiger partial charge in [-0.1, -0.05) is 11.6 Å². The molecule has 1 aliphatic rings. The normalized spacial score (nSPS) is 16.4. The fraction of sp³-hybridized carbons (Fsp3) is 0.500. The van der Waals surface area contributed by atoms with Crippen LogP contribution in [0.5, 0.6) is 0 Å². The monoisotopic (exact) mass is 388 g/mol. The zero-order valence-corrected chi connectivity index (χ0v) is 15.7. The number of rotatable bonds is 5. The summed E-state index contributed by atoms with van der Waals surface area (Å²) in [6, 6.07) is 4.58. The van der Waals surface area contributed by atoms with Crippen molar-refractivity contribution in [2.75, 3.05) is 31.3 Å². The lowest BCUT2D eigenvalue weighted by atomic mass is 9.97. The summed E-state index contributed by atoms with van der Waals surface area (Å²) in [6.07, 6.45) is 0.922. The second-order valence-electron chi connectivity index (χ2n) is 5.75. The van der Waals surface area contributed by atoms with Crippen LogP contribution in [-0.2, 0) is 19.6 Å². The van der Waals surface area contributed by atoms with Gasteiger partial charge in [0.2, 0.25) is 15.9 Å². The van der Waals surface area contributed by atoms with Gasteiger partial charge in [-0.2, -0.15) is 0 Å². The number of benzene rings is 1. The fourth-order valence-electron chi connectivity index (χ4n) is 2.69. The van der Waals surface area contributed by atoms with Crippen molar-refractivity contribution in [2.24, 2.45) is 5.92 Å². The molecule has 1 aliphatic heterocycles.